The van der Waals surface area contributed by atoms with E-state index in [1.54, 1.807) is 0 Å². The van der Waals surface area contributed by atoms with Crippen LogP contribution in [0.3, 0.4) is 0 Å². The average molecular weight is 295 g/mol. The third-order valence-electron chi connectivity index (χ3n) is 3.69. The van der Waals surface area contributed by atoms with Crippen LogP contribution in [0.15, 0.2) is 42.6 Å². The second kappa shape index (κ2) is 5.81. The van der Waals surface area contributed by atoms with E-state index >= 15 is 0 Å². The summed E-state index contributed by atoms with van der Waals surface area (Å²) in [6.07, 6.45) is 2.20. The van der Waals surface area contributed by atoms with Gasteiger partial charge in [0.1, 0.15) is 11.4 Å². The van der Waals surface area contributed by atoms with Crippen molar-refractivity contribution in [3.63, 3.8) is 0 Å². The Bertz CT molecular complexity index is 788. The van der Waals surface area contributed by atoms with Crippen molar-refractivity contribution in [2.45, 2.75) is 33.4 Å². The van der Waals surface area contributed by atoms with Gasteiger partial charge in [-0.1, -0.05) is 6.07 Å². The van der Waals surface area contributed by atoms with Gasteiger partial charge >= 0.3 is 0 Å². The van der Waals surface area contributed by atoms with Crippen LogP contribution in [0.2, 0.25) is 0 Å². The quantitative estimate of drug-likeness (QED) is 0.800. The molecule has 4 heteroatoms. The van der Waals surface area contributed by atoms with Crippen LogP contribution in [-0.2, 0) is 6.54 Å². The predicted molar refractivity (Wildman–Crippen MR) is 89.0 cm³/mol. The number of fused-ring (bicyclic) bond motifs is 1. The molecular formula is C18H21N3O. The average Bonchev–Trinajstić information content (AvgIpc) is 2.85. The van der Waals surface area contributed by atoms with Crippen molar-refractivity contribution < 1.29 is 4.74 Å². The molecule has 0 radical (unpaired) electrons. The van der Waals surface area contributed by atoms with Gasteiger partial charge < -0.3 is 14.9 Å². The monoisotopic (exact) mass is 295 g/mol. The normalized spacial score (nSPS) is 11.3. The molecule has 0 bridgehead atoms. The van der Waals surface area contributed by atoms with Crippen molar-refractivity contribution in [1.29, 1.82) is 0 Å². The SMILES string of the molecule is Cc1c(-c2ccc(OC(C)C)cc2)nc2c(CN)cccn12. The maximum atomic E-state index is 5.81. The lowest BCUT2D eigenvalue weighted by molar-refractivity contribution is 0.242. The molecule has 0 saturated carbocycles. The van der Waals surface area contributed by atoms with Gasteiger partial charge in [0.2, 0.25) is 0 Å². The lowest BCUT2D eigenvalue weighted by Crippen LogP contribution is -2.05. The third kappa shape index (κ3) is 2.57. The number of nitrogens with zero attached hydrogens (tertiary/aromatic N) is 2. The first-order valence-electron chi connectivity index (χ1n) is 7.54. The Morgan fingerprint density at radius 3 is 2.55 bits per heavy atom. The fourth-order valence-electron chi connectivity index (χ4n) is 2.64. The molecule has 4 nitrogen and oxygen atoms in total. The Kier molecular flexibility index (Phi) is 3.86. The molecule has 0 aliphatic heterocycles. The van der Waals surface area contributed by atoms with Gasteiger partial charge in [0.15, 0.2) is 0 Å². The molecule has 0 fully saturated rings. The van der Waals surface area contributed by atoms with E-state index in [0.717, 1.165) is 33.9 Å². The van der Waals surface area contributed by atoms with Gasteiger partial charge in [-0.25, -0.2) is 4.98 Å². The molecule has 22 heavy (non-hydrogen) atoms. The van der Waals surface area contributed by atoms with Crippen molar-refractivity contribution in [2.75, 3.05) is 0 Å². The first-order chi connectivity index (χ1) is 10.6. The third-order valence-corrected chi connectivity index (χ3v) is 3.69. The van der Waals surface area contributed by atoms with Gasteiger partial charge in [-0.05, 0) is 51.1 Å². The van der Waals surface area contributed by atoms with Gasteiger partial charge in [0, 0.05) is 29.6 Å². The maximum absolute atomic E-state index is 5.81. The first kappa shape index (κ1) is 14.6. The highest BCUT2D eigenvalue weighted by molar-refractivity contribution is 5.68. The van der Waals surface area contributed by atoms with Crippen LogP contribution in [-0.4, -0.2) is 15.5 Å². The molecule has 0 unspecified atom stereocenters. The number of imidazole rings is 1. The summed E-state index contributed by atoms with van der Waals surface area (Å²) in [5, 5.41) is 0. The minimum atomic E-state index is 0.176. The Hall–Kier alpha value is -2.33. The molecule has 2 heterocycles. The summed E-state index contributed by atoms with van der Waals surface area (Å²) in [4.78, 5) is 4.79. The van der Waals surface area contributed by atoms with E-state index in [-0.39, 0.29) is 6.10 Å². The molecular weight excluding hydrogens is 274 g/mol. The van der Waals surface area contributed by atoms with Gasteiger partial charge in [-0.3, -0.25) is 0 Å². The van der Waals surface area contributed by atoms with Crippen LogP contribution in [0, 0.1) is 6.92 Å². The summed E-state index contributed by atoms with van der Waals surface area (Å²) in [6, 6.07) is 12.1. The fourth-order valence-corrected chi connectivity index (χ4v) is 2.64. The highest BCUT2D eigenvalue weighted by atomic mass is 16.5. The summed E-state index contributed by atoms with van der Waals surface area (Å²) < 4.78 is 7.78. The number of pyridine rings is 1. The van der Waals surface area contributed by atoms with Crippen LogP contribution < -0.4 is 10.5 Å². The van der Waals surface area contributed by atoms with Crippen LogP contribution >= 0.6 is 0 Å². The molecule has 0 spiro atoms. The summed E-state index contributed by atoms with van der Waals surface area (Å²) in [5.74, 6) is 0.878. The lowest BCUT2D eigenvalue weighted by atomic mass is 10.1. The van der Waals surface area contributed by atoms with E-state index < -0.39 is 0 Å². The number of nitrogens with two attached hydrogens (primary N) is 1. The molecule has 3 aromatic rings. The van der Waals surface area contributed by atoms with Crippen LogP contribution in [0.25, 0.3) is 16.9 Å². The Balaban J connectivity index is 2.04. The zero-order valence-corrected chi connectivity index (χ0v) is 13.2. The molecule has 2 aromatic heterocycles. The van der Waals surface area contributed by atoms with Gasteiger partial charge in [0.05, 0.1) is 11.8 Å². The largest absolute Gasteiger partial charge is 0.491 e. The van der Waals surface area contributed by atoms with Crippen LogP contribution in [0.4, 0.5) is 0 Å². The molecule has 0 aliphatic rings. The van der Waals surface area contributed by atoms with Gasteiger partial charge in [-0.15, -0.1) is 0 Å². The van der Waals surface area contributed by atoms with Crippen molar-refractivity contribution in [3.8, 4) is 17.0 Å². The first-order valence-corrected chi connectivity index (χ1v) is 7.54. The standard InChI is InChI=1S/C18H21N3O/c1-12(2)22-16-8-6-14(7-9-16)17-13(3)21-10-4-5-15(11-19)18(21)20-17/h4-10,12H,11,19H2,1-3H3. The van der Waals surface area contributed by atoms with Crippen molar-refractivity contribution in [2.24, 2.45) is 5.73 Å². The van der Waals surface area contributed by atoms with E-state index in [2.05, 4.69) is 23.5 Å². The molecule has 0 saturated heterocycles. The molecule has 2 N–H and O–H groups in total. The second-order valence-electron chi connectivity index (χ2n) is 5.67. The lowest BCUT2D eigenvalue weighted by Gasteiger charge is -2.09. The van der Waals surface area contributed by atoms with E-state index in [1.165, 1.54) is 0 Å². The molecule has 0 atom stereocenters. The highest BCUT2D eigenvalue weighted by Gasteiger charge is 2.12. The number of aryl methyl sites for hydroxylation is 1. The number of hydrogen-bond donors (Lipinski definition) is 1. The number of hydrogen-bond acceptors (Lipinski definition) is 3. The van der Waals surface area contributed by atoms with Crippen LogP contribution in [0.5, 0.6) is 5.75 Å². The van der Waals surface area contributed by atoms with Crippen molar-refractivity contribution in [3.05, 3.63) is 53.9 Å². The van der Waals surface area contributed by atoms with E-state index in [4.69, 9.17) is 15.5 Å². The zero-order valence-electron chi connectivity index (χ0n) is 13.2. The summed E-state index contributed by atoms with van der Waals surface area (Å²) in [7, 11) is 0. The summed E-state index contributed by atoms with van der Waals surface area (Å²) >= 11 is 0. The molecule has 0 amide bonds. The minimum absolute atomic E-state index is 0.176. The zero-order chi connectivity index (χ0) is 15.7. The number of rotatable bonds is 4. The topological polar surface area (TPSA) is 52.5 Å². The maximum Gasteiger partial charge on any atom is 0.142 e. The van der Waals surface area contributed by atoms with E-state index in [0.29, 0.717) is 6.54 Å². The second-order valence-corrected chi connectivity index (χ2v) is 5.67. The Morgan fingerprint density at radius 1 is 1.18 bits per heavy atom. The molecule has 1 aromatic carbocycles. The Labute approximate surface area is 130 Å². The van der Waals surface area contributed by atoms with Crippen LogP contribution in [0.1, 0.15) is 25.1 Å². The number of aromatic nitrogens is 2. The molecule has 0 aliphatic carbocycles. The number of benzene rings is 1. The molecule has 114 valence electrons. The fraction of sp³-hybridized carbons (Fsp3) is 0.278. The van der Waals surface area contributed by atoms with Crippen molar-refractivity contribution >= 4 is 5.65 Å². The van der Waals surface area contributed by atoms with E-state index in [1.807, 2.05) is 44.3 Å². The smallest absolute Gasteiger partial charge is 0.142 e. The molecule has 3 rings (SSSR count). The van der Waals surface area contributed by atoms with Gasteiger partial charge in [-0.2, -0.15) is 0 Å². The predicted octanol–water partition coefficient (Wildman–Crippen LogP) is 3.56. The van der Waals surface area contributed by atoms with Crippen molar-refractivity contribution in [1.82, 2.24) is 9.38 Å². The Morgan fingerprint density at radius 2 is 1.91 bits per heavy atom. The summed E-state index contributed by atoms with van der Waals surface area (Å²) in [5.41, 5.74) is 11.0. The minimum Gasteiger partial charge on any atom is -0.491 e. The highest BCUT2D eigenvalue weighted by Crippen LogP contribution is 2.27. The number of ether oxygens (including phenoxy) is 1. The van der Waals surface area contributed by atoms with E-state index in [9.17, 15) is 0 Å². The summed E-state index contributed by atoms with van der Waals surface area (Å²) in [6.45, 7) is 6.61. The van der Waals surface area contributed by atoms with Gasteiger partial charge in [0.25, 0.3) is 0 Å².